The van der Waals surface area contributed by atoms with Gasteiger partial charge in [0.25, 0.3) is 0 Å². The number of rotatable bonds is 9. The van der Waals surface area contributed by atoms with E-state index >= 15 is 0 Å². The average molecular weight is 629 g/mol. The molecule has 6 rings (SSSR count). The molecular formula is C34H37ClN6O2S. The van der Waals surface area contributed by atoms with E-state index in [0.29, 0.717) is 42.6 Å². The second-order valence-electron chi connectivity index (χ2n) is 11.7. The van der Waals surface area contributed by atoms with Gasteiger partial charge in [-0.2, -0.15) is 0 Å². The van der Waals surface area contributed by atoms with E-state index in [1.807, 2.05) is 23.1 Å². The van der Waals surface area contributed by atoms with Gasteiger partial charge in [0.05, 0.1) is 10.2 Å². The largest absolute Gasteiger partial charge is 0.375 e. The molecule has 10 heteroatoms. The van der Waals surface area contributed by atoms with Crippen molar-refractivity contribution in [3.63, 3.8) is 0 Å². The molecule has 5 aromatic rings. The quantitative estimate of drug-likeness (QED) is 0.186. The molecule has 1 saturated heterocycles. The van der Waals surface area contributed by atoms with Crippen LogP contribution < -0.4 is 16.8 Å². The van der Waals surface area contributed by atoms with Gasteiger partial charge in [-0.05, 0) is 66.3 Å². The van der Waals surface area contributed by atoms with Crippen LogP contribution >= 0.6 is 22.9 Å². The molecule has 1 aliphatic heterocycles. The minimum absolute atomic E-state index is 0.0532. The molecular weight excluding hydrogens is 592 g/mol. The maximum absolute atomic E-state index is 13.4. The standard InChI is InChI=1S/C34H37ClN6O2S/c1-21(42)38-13-15-41-30-6-2-5-28(35)27(30)19-31(41)25-4-3-14-40(20-25)33(43)18-26(36)16-22-7-9-23(10-8-22)24-11-12-29-32(17-24)44-34(37)39-29/h2,5-12,17,19,25-26H,3-4,13-16,18,20,36H2,1H3,(H2,37,39)(H,38,42)/t25?,26-/m1/s1. The summed E-state index contributed by atoms with van der Waals surface area (Å²) in [6.45, 7) is 4.07. The normalized spacial score (nSPS) is 16.0. The third kappa shape index (κ3) is 6.60. The first-order chi connectivity index (χ1) is 21.2. The number of carbonyl (C=O) groups is 2. The molecule has 0 spiro atoms. The number of aromatic nitrogens is 2. The number of piperidine rings is 1. The molecule has 0 aliphatic carbocycles. The SMILES string of the molecule is CC(=O)NCCn1c(C2CCCN(C(=O)C[C@H](N)Cc3ccc(-c4ccc5nc(N)sc5c4)cc3)C2)cc2c(Cl)cccc21. The molecule has 8 nitrogen and oxygen atoms in total. The van der Waals surface area contributed by atoms with Gasteiger partial charge in [-0.15, -0.1) is 0 Å². The molecule has 1 aliphatic rings. The number of likely N-dealkylation sites (tertiary alicyclic amines) is 1. The van der Waals surface area contributed by atoms with Gasteiger partial charge in [0.1, 0.15) is 0 Å². The molecule has 3 aromatic carbocycles. The van der Waals surface area contributed by atoms with Crippen LogP contribution in [0.25, 0.3) is 32.2 Å². The highest BCUT2D eigenvalue weighted by Gasteiger charge is 2.28. The number of carbonyl (C=O) groups excluding carboxylic acids is 2. The van der Waals surface area contributed by atoms with Crippen LogP contribution in [0.2, 0.25) is 5.02 Å². The minimum atomic E-state index is -0.270. The summed E-state index contributed by atoms with van der Waals surface area (Å²) >= 11 is 8.05. The molecule has 0 saturated carbocycles. The number of thiazole rings is 1. The lowest BCUT2D eigenvalue weighted by molar-refractivity contribution is -0.132. The Bertz CT molecular complexity index is 1810. The molecule has 228 valence electrons. The number of nitrogen functional groups attached to an aromatic ring is 1. The lowest BCUT2D eigenvalue weighted by atomic mass is 9.93. The van der Waals surface area contributed by atoms with E-state index in [4.69, 9.17) is 23.1 Å². The third-order valence-electron chi connectivity index (χ3n) is 8.45. The highest BCUT2D eigenvalue weighted by molar-refractivity contribution is 7.22. The molecule has 2 aromatic heterocycles. The van der Waals surface area contributed by atoms with E-state index in [0.717, 1.165) is 62.9 Å². The Kier molecular flexibility index (Phi) is 8.88. The summed E-state index contributed by atoms with van der Waals surface area (Å²) in [5.41, 5.74) is 18.8. The van der Waals surface area contributed by atoms with Gasteiger partial charge < -0.3 is 26.3 Å². The third-order valence-corrected chi connectivity index (χ3v) is 9.63. The van der Waals surface area contributed by atoms with E-state index in [9.17, 15) is 9.59 Å². The van der Waals surface area contributed by atoms with Crippen molar-refractivity contribution < 1.29 is 9.59 Å². The van der Waals surface area contributed by atoms with E-state index < -0.39 is 0 Å². The molecule has 1 unspecified atom stereocenters. The highest BCUT2D eigenvalue weighted by Crippen LogP contribution is 2.35. The average Bonchev–Trinajstić information content (AvgIpc) is 3.57. The Balaban J connectivity index is 1.09. The second-order valence-corrected chi connectivity index (χ2v) is 13.1. The fourth-order valence-electron chi connectivity index (χ4n) is 6.33. The topological polar surface area (TPSA) is 119 Å². The fraction of sp³-hybridized carbons (Fsp3) is 0.324. The molecule has 1 fully saturated rings. The Morgan fingerprint density at radius 2 is 1.91 bits per heavy atom. The molecule has 3 heterocycles. The van der Waals surface area contributed by atoms with Crippen LogP contribution in [0.4, 0.5) is 5.13 Å². The first kappa shape index (κ1) is 30.1. The van der Waals surface area contributed by atoms with Gasteiger partial charge in [-0.1, -0.05) is 59.3 Å². The number of amides is 2. The predicted octanol–water partition coefficient (Wildman–Crippen LogP) is 5.96. The van der Waals surface area contributed by atoms with Crippen LogP contribution in [0.1, 0.15) is 43.4 Å². The maximum atomic E-state index is 13.4. The Hall–Kier alpha value is -3.92. The van der Waals surface area contributed by atoms with E-state index in [2.05, 4.69) is 63.4 Å². The zero-order chi connectivity index (χ0) is 30.8. The summed E-state index contributed by atoms with van der Waals surface area (Å²) in [5.74, 6) is 0.218. The number of nitrogens with two attached hydrogens (primary N) is 2. The van der Waals surface area contributed by atoms with Crippen molar-refractivity contribution >= 4 is 61.0 Å². The van der Waals surface area contributed by atoms with E-state index in [1.165, 1.54) is 18.3 Å². The van der Waals surface area contributed by atoms with Crippen LogP contribution in [0.5, 0.6) is 0 Å². The van der Waals surface area contributed by atoms with Crippen molar-refractivity contribution in [3.05, 3.63) is 83.0 Å². The number of anilines is 1. The van der Waals surface area contributed by atoms with Crippen LogP contribution in [0, 0.1) is 0 Å². The van der Waals surface area contributed by atoms with Gasteiger partial charge in [-0.25, -0.2) is 4.98 Å². The summed E-state index contributed by atoms with van der Waals surface area (Å²) in [6, 6.07) is 22.4. The molecule has 5 N–H and O–H groups in total. The van der Waals surface area contributed by atoms with Crippen molar-refractivity contribution in [1.82, 2.24) is 19.8 Å². The molecule has 0 bridgehead atoms. The molecule has 2 amide bonds. The van der Waals surface area contributed by atoms with Crippen molar-refractivity contribution in [2.24, 2.45) is 5.73 Å². The number of benzene rings is 3. The molecule has 2 atom stereocenters. The van der Waals surface area contributed by atoms with Crippen LogP contribution in [0.15, 0.2) is 66.7 Å². The van der Waals surface area contributed by atoms with Gasteiger partial charge in [0.2, 0.25) is 11.8 Å². The van der Waals surface area contributed by atoms with Gasteiger partial charge in [0.15, 0.2) is 5.13 Å². The van der Waals surface area contributed by atoms with Crippen LogP contribution in [-0.4, -0.2) is 51.9 Å². The molecule has 0 radical (unpaired) electrons. The summed E-state index contributed by atoms with van der Waals surface area (Å²) in [4.78, 5) is 31.3. The van der Waals surface area contributed by atoms with Crippen molar-refractivity contribution in [2.75, 3.05) is 25.4 Å². The van der Waals surface area contributed by atoms with Crippen molar-refractivity contribution in [2.45, 2.75) is 51.1 Å². The van der Waals surface area contributed by atoms with E-state index in [1.54, 1.807) is 0 Å². The fourth-order valence-corrected chi connectivity index (χ4v) is 7.33. The summed E-state index contributed by atoms with van der Waals surface area (Å²) in [6.07, 6.45) is 2.84. The summed E-state index contributed by atoms with van der Waals surface area (Å²) < 4.78 is 3.32. The monoisotopic (exact) mass is 628 g/mol. The minimum Gasteiger partial charge on any atom is -0.375 e. The molecule has 44 heavy (non-hydrogen) atoms. The number of fused-ring (bicyclic) bond motifs is 2. The van der Waals surface area contributed by atoms with Gasteiger partial charge in [0, 0.05) is 73.1 Å². The van der Waals surface area contributed by atoms with Crippen molar-refractivity contribution in [1.29, 1.82) is 0 Å². The number of hydrogen-bond donors (Lipinski definition) is 3. The van der Waals surface area contributed by atoms with Gasteiger partial charge >= 0.3 is 0 Å². The lowest BCUT2D eigenvalue weighted by Gasteiger charge is -2.34. The lowest BCUT2D eigenvalue weighted by Crippen LogP contribution is -2.42. The Morgan fingerprint density at radius 3 is 2.70 bits per heavy atom. The maximum Gasteiger partial charge on any atom is 0.224 e. The summed E-state index contributed by atoms with van der Waals surface area (Å²) in [5, 5.41) is 5.18. The highest BCUT2D eigenvalue weighted by atomic mass is 35.5. The van der Waals surface area contributed by atoms with E-state index in [-0.39, 0.29) is 23.8 Å². The first-order valence-corrected chi connectivity index (χ1v) is 16.3. The van der Waals surface area contributed by atoms with Gasteiger partial charge in [-0.3, -0.25) is 9.59 Å². The second kappa shape index (κ2) is 13.0. The first-order valence-electron chi connectivity index (χ1n) is 15.1. The Morgan fingerprint density at radius 1 is 1.11 bits per heavy atom. The number of halogens is 1. The summed E-state index contributed by atoms with van der Waals surface area (Å²) in [7, 11) is 0. The zero-order valence-corrected chi connectivity index (χ0v) is 26.3. The number of nitrogens with zero attached hydrogens (tertiary/aromatic N) is 3. The van der Waals surface area contributed by atoms with Crippen LogP contribution in [-0.2, 0) is 22.6 Å². The zero-order valence-electron chi connectivity index (χ0n) is 24.8. The Labute approximate surface area is 266 Å². The smallest absolute Gasteiger partial charge is 0.224 e. The predicted molar refractivity (Wildman–Crippen MR) is 180 cm³/mol. The van der Waals surface area contributed by atoms with Crippen LogP contribution in [0.3, 0.4) is 0 Å². The number of hydrogen-bond acceptors (Lipinski definition) is 6. The number of nitrogens with one attached hydrogen (secondary N) is 1. The van der Waals surface area contributed by atoms with Crippen molar-refractivity contribution in [3.8, 4) is 11.1 Å².